The Labute approximate surface area is 252 Å². The SMILES string of the molecule is CCOc1ccc(C(=O)CSc2cccc(NC(=O)/C(=C/c3c(Cl)cccc3Cl)NC(=O)c3ccccc3)c2)cc1. The molecule has 2 N–H and O–H groups in total. The number of amides is 2. The zero-order valence-corrected chi connectivity index (χ0v) is 24.4. The number of halogens is 2. The Morgan fingerprint density at radius 1 is 0.829 bits per heavy atom. The second-order valence-electron chi connectivity index (χ2n) is 8.66. The number of hydrogen-bond acceptors (Lipinski definition) is 5. The quantitative estimate of drug-likeness (QED) is 0.104. The van der Waals surface area contributed by atoms with Crippen LogP contribution in [0.5, 0.6) is 5.75 Å². The van der Waals surface area contributed by atoms with Gasteiger partial charge in [0, 0.05) is 37.3 Å². The number of anilines is 1. The van der Waals surface area contributed by atoms with Gasteiger partial charge in [-0.15, -0.1) is 11.8 Å². The monoisotopic (exact) mass is 604 g/mol. The van der Waals surface area contributed by atoms with Crippen LogP contribution >= 0.6 is 35.0 Å². The molecule has 0 heterocycles. The molecule has 0 unspecified atom stereocenters. The summed E-state index contributed by atoms with van der Waals surface area (Å²) in [6.45, 7) is 2.46. The van der Waals surface area contributed by atoms with Crippen molar-refractivity contribution in [3.05, 3.63) is 129 Å². The third kappa shape index (κ3) is 8.47. The van der Waals surface area contributed by atoms with Crippen LogP contribution in [0.2, 0.25) is 10.0 Å². The van der Waals surface area contributed by atoms with Gasteiger partial charge >= 0.3 is 0 Å². The van der Waals surface area contributed by atoms with E-state index in [9.17, 15) is 14.4 Å². The average molecular weight is 606 g/mol. The van der Waals surface area contributed by atoms with Gasteiger partial charge in [-0.1, -0.05) is 53.5 Å². The Bertz CT molecular complexity index is 1550. The zero-order valence-electron chi connectivity index (χ0n) is 22.0. The van der Waals surface area contributed by atoms with E-state index in [0.717, 1.165) is 4.90 Å². The van der Waals surface area contributed by atoms with Crippen molar-refractivity contribution in [1.29, 1.82) is 0 Å². The molecule has 4 aromatic rings. The average Bonchev–Trinajstić information content (AvgIpc) is 2.98. The van der Waals surface area contributed by atoms with Crippen molar-refractivity contribution in [1.82, 2.24) is 5.32 Å². The molecule has 208 valence electrons. The van der Waals surface area contributed by atoms with Gasteiger partial charge in [-0.05, 0) is 79.7 Å². The zero-order chi connectivity index (χ0) is 29.2. The number of ketones is 1. The predicted molar refractivity (Wildman–Crippen MR) is 166 cm³/mol. The number of benzene rings is 4. The van der Waals surface area contributed by atoms with Gasteiger partial charge in [-0.3, -0.25) is 14.4 Å². The maximum atomic E-state index is 13.4. The van der Waals surface area contributed by atoms with Gasteiger partial charge in [0.25, 0.3) is 11.8 Å². The van der Waals surface area contributed by atoms with Crippen LogP contribution in [-0.4, -0.2) is 30.0 Å². The molecular weight excluding hydrogens is 579 g/mol. The van der Waals surface area contributed by atoms with Crippen molar-refractivity contribution in [3.63, 3.8) is 0 Å². The van der Waals surface area contributed by atoms with E-state index in [4.69, 9.17) is 27.9 Å². The molecule has 0 aromatic heterocycles. The van der Waals surface area contributed by atoms with Gasteiger partial charge in [0.2, 0.25) is 0 Å². The first-order chi connectivity index (χ1) is 19.8. The largest absolute Gasteiger partial charge is 0.494 e. The number of rotatable bonds is 11. The minimum Gasteiger partial charge on any atom is -0.494 e. The van der Waals surface area contributed by atoms with E-state index >= 15 is 0 Å². The van der Waals surface area contributed by atoms with E-state index in [2.05, 4.69) is 10.6 Å². The van der Waals surface area contributed by atoms with E-state index in [1.165, 1.54) is 17.8 Å². The Morgan fingerprint density at radius 2 is 1.51 bits per heavy atom. The lowest BCUT2D eigenvalue weighted by Crippen LogP contribution is -2.30. The highest BCUT2D eigenvalue weighted by Gasteiger charge is 2.17. The molecule has 6 nitrogen and oxygen atoms in total. The van der Waals surface area contributed by atoms with Gasteiger partial charge in [0.15, 0.2) is 5.78 Å². The molecule has 41 heavy (non-hydrogen) atoms. The number of hydrogen-bond donors (Lipinski definition) is 2. The predicted octanol–water partition coefficient (Wildman–Crippen LogP) is 7.78. The maximum absolute atomic E-state index is 13.4. The van der Waals surface area contributed by atoms with Crippen molar-refractivity contribution in [3.8, 4) is 5.75 Å². The highest BCUT2D eigenvalue weighted by molar-refractivity contribution is 8.00. The van der Waals surface area contributed by atoms with Crippen LogP contribution < -0.4 is 15.4 Å². The van der Waals surface area contributed by atoms with Crippen LogP contribution in [0.4, 0.5) is 5.69 Å². The van der Waals surface area contributed by atoms with E-state index in [-0.39, 0.29) is 17.2 Å². The molecule has 0 bridgehead atoms. The molecule has 0 atom stereocenters. The molecular formula is C32H26Cl2N2O4S. The Morgan fingerprint density at radius 3 is 2.20 bits per heavy atom. The van der Waals surface area contributed by atoms with Gasteiger partial charge in [0.05, 0.1) is 12.4 Å². The number of Topliss-reactive ketones (excluding diaryl/α,β-unsaturated/α-hetero) is 1. The van der Waals surface area contributed by atoms with E-state index in [0.29, 0.717) is 44.8 Å². The van der Waals surface area contributed by atoms with Gasteiger partial charge < -0.3 is 15.4 Å². The smallest absolute Gasteiger partial charge is 0.272 e. The molecule has 0 aliphatic heterocycles. The fourth-order valence-corrected chi connectivity index (χ4v) is 5.09. The summed E-state index contributed by atoms with van der Waals surface area (Å²) >= 11 is 14.0. The number of nitrogens with one attached hydrogen (secondary N) is 2. The van der Waals surface area contributed by atoms with Crippen molar-refractivity contribution in [2.45, 2.75) is 11.8 Å². The third-order valence-electron chi connectivity index (χ3n) is 5.77. The molecule has 2 amide bonds. The van der Waals surface area contributed by atoms with Gasteiger partial charge in [-0.25, -0.2) is 0 Å². The molecule has 0 spiro atoms. The molecule has 9 heteroatoms. The summed E-state index contributed by atoms with van der Waals surface area (Å²) in [5.41, 5.74) is 1.81. The Hall–Kier alpha value is -4.04. The summed E-state index contributed by atoms with van der Waals surface area (Å²) in [4.78, 5) is 39.8. The highest BCUT2D eigenvalue weighted by Crippen LogP contribution is 2.27. The lowest BCUT2D eigenvalue weighted by molar-refractivity contribution is -0.113. The molecule has 0 saturated carbocycles. The van der Waals surface area contributed by atoms with Gasteiger partial charge in [-0.2, -0.15) is 0 Å². The number of carbonyl (C=O) groups is 3. The first kappa shape index (κ1) is 29.9. The minimum atomic E-state index is -0.571. The molecule has 0 aliphatic carbocycles. The topological polar surface area (TPSA) is 84.5 Å². The molecule has 4 aromatic carbocycles. The van der Waals surface area contributed by atoms with E-state index < -0.39 is 11.8 Å². The number of carbonyl (C=O) groups excluding carboxylic acids is 3. The van der Waals surface area contributed by atoms with E-state index in [1.54, 1.807) is 91.0 Å². The van der Waals surface area contributed by atoms with Crippen LogP contribution in [0.1, 0.15) is 33.2 Å². The number of thioether (sulfide) groups is 1. The van der Waals surface area contributed by atoms with Crippen molar-refractivity contribution >= 4 is 64.3 Å². The van der Waals surface area contributed by atoms with Gasteiger partial charge in [0.1, 0.15) is 11.4 Å². The fraction of sp³-hybridized carbons (Fsp3) is 0.0938. The molecule has 0 radical (unpaired) electrons. The van der Waals surface area contributed by atoms with Crippen LogP contribution in [0.25, 0.3) is 6.08 Å². The first-order valence-electron chi connectivity index (χ1n) is 12.7. The van der Waals surface area contributed by atoms with E-state index in [1.807, 2.05) is 13.0 Å². The van der Waals surface area contributed by atoms with Crippen molar-refractivity contribution in [2.75, 3.05) is 17.7 Å². The summed E-state index contributed by atoms with van der Waals surface area (Å²) < 4.78 is 5.43. The molecule has 0 aliphatic rings. The van der Waals surface area contributed by atoms with Crippen molar-refractivity contribution in [2.24, 2.45) is 0 Å². The first-order valence-corrected chi connectivity index (χ1v) is 14.4. The summed E-state index contributed by atoms with van der Waals surface area (Å²) in [6, 6.07) is 27.6. The van der Waals surface area contributed by atoms with Crippen LogP contribution in [0, 0.1) is 0 Å². The second kappa shape index (κ2) is 14.6. The summed E-state index contributed by atoms with van der Waals surface area (Å²) in [5.74, 6) is -0.136. The molecule has 0 saturated heterocycles. The van der Waals surface area contributed by atoms with Crippen LogP contribution in [0.3, 0.4) is 0 Å². The second-order valence-corrected chi connectivity index (χ2v) is 10.5. The minimum absolute atomic E-state index is 0.0297. The summed E-state index contributed by atoms with van der Waals surface area (Å²) in [5, 5.41) is 6.14. The normalized spacial score (nSPS) is 11.0. The Kier molecular flexibility index (Phi) is 10.6. The fourth-order valence-electron chi connectivity index (χ4n) is 3.73. The standard InChI is InChI=1S/C32H26Cl2N2O4S/c1-2-40-24-16-14-21(15-17-24)30(37)20-41-25-11-6-10-23(18-25)35-32(39)29(19-26-27(33)12-7-13-28(26)34)36-31(38)22-8-4-3-5-9-22/h3-19H,2,20H2,1H3,(H,35,39)(H,36,38)/b29-19-. The van der Waals surface area contributed by atoms with Crippen molar-refractivity contribution < 1.29 is 19.1 Å². The number of ether oxygens (including phenoxy) is 1. The van der Waals surface area contributed by atoms with Crippen LogP contribution in [0.15, 0.2) is 108 Å². The third-order valence-corrected chi connectivity index (χ3v) is 7.42. The maximum Gasteiger partial charge on any atom is 0.272 e. The molecule has 4 rings (SSSR count). The Balaban J connectivity index is 1.49. The molecule has 0 fully saturated rings. The lowest BCUT2D eigenvalue weighted by atomic mass is 10.1. The van der Waals surface area contributed by atoms with Crippen LogP contribution in [-0.2, 0) is 4.79 Å². The highest BCUT2D eigenvalue weighted by atomic mass is 35.5. The summed E-state index contributed by atoms with van der Waals surface area (Å²) in [7, 11) is 0. The lowest BCUT2D eigenvalue weighted by Gasteiger charge is -2.13. The summed E-state index contributed by atoms with van der Waals surface area (Å²) in [6.07, 6.45) is 1.44.